The molecule has 1 amide bonds. The number of rotatable bonds is 11. The molecule has 35 heavy (non-hydrogen) atoms. The molecule has 3 aromatic rings. The molecule has 0 unspecified atom stereocenters. The first kappa shape index (κ1) is 26.1. The SMILES string of the molecule is CCOC(=O)Cc1ccc(NC(=O)CN(CCc2ccccc2)S(=O)(=O)c2ccc(C)cc2)cc1. The van der Waals surface area contributed by atoms with Crippen LogP contribution in [-0.4, -0.2) is 44.3 Å². The van der Waals surface area contributed by atoms with Crippen molar-refractivity contribution in [3.05, 3.63) is 95.6 Å². The summed E-state index contributed by atoms with van der Waals surface area (Å²) in [6.07, 6.45) is 0.617. The van der Waals surface area contributed by atoms with E-state index in [4.69, 9.17) is 4.74 Å². The lowest BCUT2D eigenvalue weighted by atomic mass is 10.1. The van der Waals surface area contributed by atoms with Gasteiger partial charge in [0.05, 0.1) is 24.5 Å². The molecule has 0 aromatic heterocycles. The van der Waals surface area contributed by atoms with Crippen molar-refractivity contribution < 1.29 is 22.7 Å². The molecule has 0 saturated heterocycles. The number of hydrogen-bond acceptors (Lipinski definition) is 5. The number of carbonyl (C=O) groups excluding carboxylic acids is 2. The van der Waals surface area contributed by atoms with Crippen LogP contribution in [0.15, 0.2) is 83.8 Å². The zero-order chi connectivity index (χ0) is 25.3. The number of aryl methyl sites for hydroxylation is 1. The number of ether oxygens (including phenoxy) is 1. The molecule has 3 rings (SSSR count). The fourth-order valence-electron chi connectivity index (χ4n) is 3.49. The Morgan fingerprint density at radius 1 is 0.886 bits per heavy atom. The molecule has 3 aromatic carbocycles. The van der Waals surface area contributed by atoms with Gasteiger partial charge in [-0.2, -0.15) is 4.31 Å². The zero-order valence-electron chi connectivity index (χ0n) is 19.9. The van der Waals surface area contributed by atoms with E-state index in [9.17, 15) is 18.0 Å². The number of sulfonamides is 1. The van der Waals surface area contributed by atoms with Gasteiger partial charge in [0, 0.05) is 12.2 Å². The fraction of sp³-hybridized carbons (Fsp3) is 0.259. The third-order valence-corrected chi connectivity index (χ3v) is 7.22. The second-order valence-corrected chi connectivity index (χ2v) is 10.1. The minimum Gasteiger partial charge on any atom is -0.466 e. The highest BCUT2D eigenvalue weighted by Gasteiger charge is 2.26. The van der Waals surface area contributed by atoms with E-state index in [1.54, 1.807) is 55.5 Å². The monoisotopic (exact) mass is 494 g/mol. The van der Waals surface area contributed by atoms with Crippen LogP contribution in [0, 0.1) is 6.92 Å². The molecule has 0 radical (unpaired) electrons. The third kappa shape index (κ3) is 7.77. The molecule has 8 heteroatoms. The summed E-state index contributed by atoms with van der Waals surface area (Å²) >= 11 is 0. The van der Waals surface area contributed by atoms with Crippen LogP contribution in [0.2, 0.25) is 0 Å². The van der Waals surface area contributed by atoms with E-state index in [1.807, 2.05) is 37.3 Å². The highest BCUT2D eigenvalue weighted by atomic mass is 32.2. The van der Waals surface area contributed by atoms with Gasteiger partial charge in [0.2, 0.25) is 15.9 Å². The van der Waals surface area contributed by atoms with Gasteiger partial charge in [-0.15, -0.1) is 0 Å². The number of carbonyl (C=O) groups is 2. The first-order valence-corrected chi connectivity index (χ1v) is 12.9. The van der Waals surface area contributed by atoms with Crippen molar-refractivity contribution in [2.24, 2.45) is 0 Å². The first-order chi connectivity index (χ1) is 16.8. The molecule has 1 N–H and O–H groups in total. The van der Waals surface area contributed by atoms with Gasteiger partial charge >= 0.3 is 5.97 Å². The lowest BCUT2D eigenvalue weighted by molar-refractivity contribution is -0.142. The lowest BCUT2D eigenvalue weighted by Crippen LogP contribution is -2.39. The molecule has 184 valence electrons. The summed E-state index contributed by atoms with van der Waals surface area (Å²) in [5.74, 6) is -0.772. The summed E-state index contributed by atoms with van der Waals surface area (Å²) in [7, 11) is -3.88. The van der Waals surface area contributed by atoms with E-state index in [0.717, 1.165) is 16.7 Å². The molecule has 0 bridgehead atoms. The van der Waals surface area contributed by atoms with Gasteiger partial charge in [-0.1, -0.05) is 60.2 Å². The number of hydrogen-bond donors (Lipinski definition) is 1. The zero-order valence-corrected chi connectivity index (χ0v) is 20.8. The standard InChI is InChI=1S/C27H30N2O5S/c1-3-34-27(31)19-23-11-13-24(14-12-23)28-26(30)20-29(18-17-22-7-5-4-6-8-22)35(32,33)25-15-9-21(2)10-16-25/h4-16H,3,17-20H2,1-2H3,(H,28,30). The quantitative estimate of drug-likeness (QED) is 0.407. The van der Waals surface area contributed by atoms with E-state index in [1.165, 1.54) is 4.31 Å². The van der Waals surface area contributed by atoms with Crippen molar-refractivity contribution in [2.75, 3.05) is 25.0 Å². The van der Waals surface area contributed by atoms with Crippen LogP contribution in [-0.2, 0) is 37.2 Å². The Labute approximate surface area is 206 Å². The van der Waals surface area contributed by atoms with Crippen molar-refractivity contribution >= 4 is 27.6 Å². The maximum atomic E-state index is 13.4. The molecular formula is C27H30N2O5S. The number of nitrogens with zero attached hydrogens (tertiary/aromatic N) is 1. The molecule has 7 nitrogen and oxygen atoms in total. The summed E-state index contributed by atoms with van der Waals surface area (Å²) < 4.78 is 32.9. The molecule has 0 aliphatic rings. The van der Waals surface area contributed by atoms with Crippen molar-refractivity contribution in [2.45, 2.75) is 31.6 Å². The van der Waals surface area contributed by atoms with Gasteiger partial charge in [-0.25, -0.2) is 8.42 Å². The van der Waals surface area contributed by atoms with Crippen molar-refractivity contribution in [1.29, 1.82) is 0 Å². The molecule has 0 heterocycles. The maximum absolute atomic E-state index is 13.4. The average Bonchev–Trinajstić information content (AvgIpc) is 2.84. The highest BCUT2D eigenvalue weighted by Crippen LogP contribution is 2.18. The molecule has 0 fully saturated rings. The summed E-state index contributed by atoms with van der Waals surface area (Å²) in [5.41, 5.74) is 3.20. The Kier molecular flexibility index (Phi) is 9.17. The normalized spacial score (nSPS) is 11.3. The van der Waals surface area contributed by atoms with Crippen molar-refractivity contribution in [3.8, 4) is 0 Å². The third-order valence-electron chi connectivity index (χ3n) is 5.36. The molecular weight excluding hydrogens is 464 g/mol. The topological polar surface area (TPSA) is 92.8 Å². The predicted octanol–water partition coefficient (Wildman–Crippen LogP) is 3.97. The number of anilines is 1. The maximum Gasteiger partial charge on any atom is 0.310 e. The van der Waals surface area contributed by atoms with E-state index >= 15 is 0 Å². The summed E-state index contributed by atoms with van der Waals surface area (Å²) in [5, 5.41) is 2.75. The average molecular weight is 495 g/mol. The van der Waals surface area contributed by atoms with Gasteiger partial charge in [0.15, 0.2) is 0 Å². The van der Waals surface area contributed by atoms with Crippen molar-refractivity contribution in [3.63, 3.8) is 0 Å². The molecule has 0 aliphatic carbocycles. The van der Waals surface area contributed by atoms with Crippen LogP contribution in [0.1, 0.15) is 23.6 Å². The Bertz CT molecular complexity index is 1220. The Hall–Kier alpha value is -3.49. The van der Waals surface area contributed by atoms with Gasteiger partial charge < -0.3 is 10.1 Å². The lowest BCUT2D eigenvalue weighted by Gasteiger charge is -2.22. The number of amides is 1. The van der Waals surface area contributed by atoms with Crippen LogP contribution in [0.3, 0.4) is 0 Å². The minimum atomic E-state index is -3.88. The Morgan fingerprint density at radius 3 is 2.17 bits per heavy atom. The second-order valence-electron chi connectivity index (χ2n) is 8.11. The van der Waals surface area contributed by atoms with Gasteiger partial charge in [-0.05, 0) is 55.7 Å². The molecule has 0 aliphatic heterocycles. The van der Waals surface area contributed by atoms with Crippen LogP contribution in [0.5, 0.6) is 0 Å². The van der Waals surface area contributed by atoms with Crippen LogP contribution in [0.4, 0.5) is 5.69 Å². The van der Waals surface area contributed by atoms with Crippen LogP contribution >= 0.6 is 0 Å². The van der Waals surface area contributed by atoms with E-state index in [2.05, 4.69) is 5.32 Å². The number of esters is 1. The largest absolute Gasteiger partial charge is 0.466 e. The van der Waals surface area contributed by atoms with Crippen molar-refractivity contribution in [1.82, 2.24) is 4.31 Å². The van der Waals surface area contributed by atoms with Gasteiger partial charge in [0.25, 0.3) is 0 Å². The predicted molar refractivity (Wildman–Crippen MR) is 135 cm³/mol. The van der Waals surface area contributed by atoms with E-state index in [0.29, 0.717) is 18.7 Å². The van der Waals surface area contributed by atoms with Crippen LogP contribution < -0.4 is 5.32 Å². The molecule has 0 spiro atoms. The smallest absolute Gasteiger partial charge is 0.310 e. The second kappa shape index (κ2) is 12.3. The highest BCUT2D eigenvalue weighted by molar-refractivity contribution is 7.89. The Balaban J connectivity index is 1.72. The fourth-order valence-corrected chi connectivity index (χ4v) is 4.88. The number of nitrogens with one attached hydrogen (secondary N) is 1. The van der Waals surface area contributed by atoms with E-state index < -0.39 is 15.9 Å². The van der Waals surface area contributed by atoms with Gasteiger partial charge in [0.1, 0.15) is 0 Å². The first-order valence-electron chi connectivity index (χ1n) is 11.4. The summed E-state index contributed by atoms with van der Waals surface area (Å²) in [6, 6.07) is 22.9. The summed E-state index contributed by atoms with van der Waals surface area (Å²) in [6.45, 7) is 3.78. The molecule has 0 saturated carbocycles. The number of benzene rings is 3. The minimum absolute atomic E-state index is 0.143. The van der Waals surface area contributed by atoms with Gasteiger partial charge in [-0.3, -0.25) is 9.59 Å². The molecule has 0 atom stereocenters. The van der Waals surface area contributed by atoms with E-state index in [-0.39, 0.29) is 30.4 Å². The Morgan fingerprint density at radius 2 is 1.54 bits per heavy atom. The van der Waals surface area contributed by atoms with Crippen LogP contribution in [0.25, 0.3) is 0 Å². The summed E-state index contributed by atoms with van der Waals surface area (Å²) in [4.78, 5) is 24.6.